The van der Waals surface area contributed by atoms with E-state index in [9.17, 15) is 26.4 Å². The predicted molar refractivity (Wildman–Crippen MR) is 110 cm³/mol. The number of benzene rings is 1. The van der Waals surface area contributed by atoms with Crippen LogP contribution in [0.3, 0.4) is 0 Å². The Morgan fingerprint density at radius 2 is 1.50 bits per heavy atom. The van der Waals surface area contributed by atoms with Gasteiger partial charge in [-0.1, -0.05) is 0 Å². The molecule has 10 nitrogen and oxygen atoms in total. The second-order valence-electron chi connectivity index (χ2n) is 6.12. The third-order valence-corrected chi connectivity index (χ3v) is 9.00. The number of ether oxygens (including phenoxy) is 2. The topological polar surface area (TPSA) is 136 Å². The number of sulfonamides is 2. The monoisotopic (exact) mass is 476 g/mol. The number of carbonyl (C=O) groups excluding carboxylic acids is 2. The zero-order chi connectivity index (χ0) is 22.9. The number of nitrogens with one attached hydrogen (secondary N) is 1. The van der Waals surface area contributed by atoms with Gasteiger partial charge in [0.2, 0.25) is 10.0 Å². The van der Waals surface area contributed by atoms with Crippen molar-refractivity contribution in [3.8, 4) is 0 Å². The fraction of sp³-hybridized carbons (Fsp3) is 0.294. The highest BCUT2D eigenvalue weighted by atomic mass is 32.2. The first kappa shape index (κ1) is 23.8. The van der Waals surface area contributed by atoms with Gasteiger partial charge in [0.25, 0.3) is 10.0 Å². The number of esters is 2. The fourth-order valence-electron chi connectivity index (χ4n) is 2.41. The van der Waals surface area contributed by atoms with Crippen LogP contribution in [-0.2, 0) is 29.5 Å². The van der Waals surface area contributed by atoms with Crippen LogP contribution in [0.25, 0.3) is 0 Å². The Morgan fingerprint density at radius 1 is 0.967 bits per heavy atom. The lowest BCUT2D eigenvalue weighted by molar-refractivity contribution is 0.0596. The average molecular weight is 477 g/mol. The first-order valence-corrected chi connectivity index (χ1v) is 12.0. The van der Waals surface area contributed by atoms with Crippen LogP contribution >= 0.6 is 11.3 Å². The summed E-state index contributed by atoms with van der Waals surface area (Å²) in [5.74, 6) is -1.71. The van der Waals surface area contributed by atoms with Crippen molar-refractivity contribution in [3.05, 3.63) is 40.3 Å². The third-order valence-electron chi connectivity index (χ3n) is 4.00. The van der Waals surface area contributed by atoms with E-state index in [-0.39, 0.29) is 26.6 Å². The molecule has 13 heteroatoms. The number of carbonyl (C=O) groups is 2. The minimum Gasteiger partial charge on any atom is -0.465 e. The van der Waals surface area contributed by atoms with Gasteiger partial charge < -0.3 is 9.47 Å². The molecule has 1 aromatic heterocycles. The van der Waals surface area contributed by atoms with Gasteiger partial charge >= 0.3 is 11.9 Å². The third kappa shape index (κ3) is 4.48. The molecule has 30 heavy (non-hydrogen) atoms. The van der Waals surface area contributed by atoms with Crippen LogP contribution in [0, 0.1) is 6.92 Å². The molecule has 0 amide bonds. The van der Waals surface area contributed by atoms with Gasteiger partial charge in [-0.15, -0.1) is 11.3 Å². The highest BCUT2D eigenvalue weighted by Gasteiger charge is 2.32. The van der Waals surface area contributed by atoms with Crippen LogP contribution in [0.2, 0.25) is 0 Å². The highest BCUT2D eigenvalue weighted by molar-refractivity contribution is 7.94. The molecule has 0 saturated carbocycles. The summed E-state index contributed by atoms with van der Waals surface area (Å²) < 4.78 is 62.3. The Kier molecular flexibility index (Phi) is 6.91. The number of methoxy groups -OCH3 is 2. The van der Waals surface area contributed by atoms with E-state index in [1.807, 2.05) is 0 Å². The summed E-state index contributed by atoms with van der Waals surface area (Å²) in [6, 6.07) is 5.03. The van der Waals surface area contributed by atoms with E-state index in [4.69, 9.17) is 0 Å². The van der Waals surface area contributed by atoms with Gasteiger partial charge in [-0.3, -0.25) is 4.72 Å². The van der Waals surface area contributed by atoms with Crippen molar-refractivity contribution in [3.63, 3.8) is 0 Å². The molecule has 2 aromatic rings. The minimum atomic E-state index is -4.31. The van der Waals surface area contributed by atoms with Crippen LogP contribution in [0.15, 0.2) is 33.4 Å². The maximum absolute atomic E-state index is 12.9. The van der Waals surface area contributed by atoms with Gasteiger partial charge in [-0.25, -0.2) is 30.7 Å². The first-order valence-electron chi connectivity index (χ1n) is 8.22. The molecule has 0 bridgehead atoms. The summed E-state index contributed by atoms with van der Waals surface area (Å²) >= 11 is 0.572. The lowest BCUT2D eigenvalue weighted by atomic mass is 10.2. The van der Waals surface area contributed by atoms with Crippen molar-refractivity contribution in [2.75, 3.05) is 33.0 Å². The van der Waals surface area contributed by atoms with E-state index in [1.54, 1.807) is 0 Å². The van der Waals surface area contributed by atoms with Crippen LogP contribution in [0.4, 0.5) is 5.69 Å². The summed E-state index contributed by atoms with van der Waals surface area (Å²) in [5, 5.41) is 0. The number of hydrogen-bond donors (Lipinski definition) is 1. The zero-order valence-corrected chi connectivity index (χ0v) is 19.2. The Hall–Kier alpha value is -2.48. The molecule has 2 rings (SSSR count). The molecule has 164 valence electrons. The summed E-state index contributed by atoms with van der Waals surface area (Å²) in [4.78, 5) is 24.0. The second-order valence-corrected chi connectivity index (χ2v) is 11.2. The lowest BCUT2D eigenvalue weighted by Crippen LogP contribution is -2.22. The predicted octanol–water partition coefficient (Wildman–Crippen LogP) is 1.68. The molecule has 0 spiro atoms. The van der Waals surface area contributed by atoms with E-state index < -0.39 is 36.2 Å². The fourth-order valence-corrected chi connectivity index (χ4v) is 6.11. The normalized spacial score (nSPS) is 11.9. The SMILES string of the molecule is COC(=O)c1sc(S(=O)(=O)Nc2ccc(S(=O)(=O)N(C)C)cc2)c(C(=O)OC)c1C. The number of thiophene rings is 1. The van der Waals surface area contributed by atoms with Gasteiger partial charge in [-0.05, 0) is 36.8 Å². The number of rotatable bonds is 7. The van der Waals surface area contributed by atoms with Crippen molar-refractivity contribution in [2.24, 2.45) is 0 Å². The molecule has 1 N–H and O–H groups in total. The summed E-state index contributed by atoms with van der Waals surface area (Å²) in [5.41, 5.74) is -0.0945. The van der Waals surface area contributed by atoms with Crippen molar-refractivity contribution >= 4 is 49.0 Å². The van der Waals surface area contributed by atoms with Crippen LogP contribution in [0.5, 0.6) is 0 Å². The average Bonchev–Trinajstić information content (AvgIpc) is 3.05. The lowest BCUT2D eigenvalue weighted by Gasteiger charge is -2.12. The van der Waals surface area contributed by atoms with E-state index in [0.29, 0.717) is 11.3 Å². The second kappa shape index (κ2) is 8.71. The van der Waals surface area contributed by atoms with Crippen LogP contribution in [-0.4, -0.2) is 61.4 Å². The van der Waals surface area contributed by atoms with Gasteiger partial charge in [0.1, 0.15) is 4.88 Å². The molecule has 0 atom stereocenters. The van der Waals surface area contributed by atoms with Crippen molar-refractivity contribution in [2.45, 2.75) is 16.0 Å². The maximum Gasteiger partial charge on any atom is 0.348 e. The highest BCUT2D eigenvalue weighted by Crippen LogP contribution is 2.34. The van der Waals surface area contributed by atoms with Crippen LogP contribution in [0.1, 0.15) is 25.6 Å². The number of nitrogens with zero attached hydrogens (tertiary/aromatic N) is 1. The summed E-state index contributed by atoms with van der Waals surface area (Å²) in [6.45, 7) is 1.41. The molecule has 0 aliphatic rings. The smallest absolute Gasteiger partial charge is 0.348 e. The van der Waals surface area contributed by atoms with Crippen LogP contribution < -0.4 is 4.72 Å². The largest absolute Gasteiger partial charge is 0.465 e. The Labute approximate surface area is 178 Å². The van der Waals surface area contributed by atoms with Crippen molar-refractivity contribution in [1.29, 1.82) is 0 Å². The number of hydrogen-bond acceptors (Lipinski definition) is 9. The molecule has 0 saturated heterocycles. The molecule has 1 aromatic carbocycles. The molecule has 0 fully saturated rings. The molecule has 1 heterocycles. The molecular weight excluding hydrogens is 456 g/mol. The summed E-state index contributed by atoms with van der Waals surface area (Å²) in [7, 11) is -3.02. The standard InChI is InChI=1S/C17H20N2O8S3/c1-10-13(15(20)26-4)17(28-14(10)16(21)27-5)29(22,23)18-11-6-8-12(9-7-11)30(24,25)19(2)3/h6-9,18H,1-5H3. The molecule has 0 unspecified atom stereocenters. The Morgan fingerprint density at radius 3 is 1.97 bits per heavy atom. The minimum absolute atomic E-state index is 0.0226. The van der Waals surface area contributed by atoms with E-state index in [1.165, 1.54) is 45.3 Å². The van der Waals surface area contributed by atoms with E-state index >= 15 is 0 Å². The molecule has 0 radical (unpaired) electrons. The van der Waals surface area contributed by atoms with E-state index in [0.717, 1.165) is 18.5 Å². The summed E-state index contributed by atoms with van der Waals surface area (Å²) in [6.07, 6.45) is 0. The maximum atomic E-state index is 12.9. The van der Waals surface area contributed by atoms with Gasteiger partial charge in [0.15, 0.2) is 4.21 Å². The van der Waals surface area contributed by atoms with E-state index in [2.05, 4.69) is 14.2 Å². The molecule has 0 aliphatic carbocycles. The Bertz CT molecular complexity index is 1180. The Balaban J connectivity index is 2.50. The quantitative estimate of drug-likeness (QED) is 0.596. The molecular formula is C17H20N2O8S3. The van der Waals surface area contributed by atoms with Gasteiger partial charge in [-0.2, -0.15) is 0 Å². The van der Waals surface area contributed by atoms with Crippen molar-refractivity contribution in [1.82, 2.24) is 4.31 Å². The molecule has 0 aliphatic heterocycles. The number of anilines is 1. The van der Waals surface area contributed by atoms with Gasteiger partial charge in [0.05, 0.1) is 24.7 Å². The zero-order valence-electron chi connectivity index (χ0n) is 16.7. The first-order chi connectivity index (χ1) is 13.9. The van der Waals surface area contributed by atoms with Gasteiger partial charge in [0, 0.05) is 19.8 Å². The van der Waals surface area contributed by atoms with Crippen molar-refractivity contribution < 1.29 is 35.9 Å².